The number of carbonyl (C=O) groups is 1. The number of nitrogens with one attached hydrogen (secondary N) is 1. The average molecular weight is 410 g/mol. The highest BCUT2D eigenvalue weighted by atomic mass is 32.2. The van der Waals surface area contributed by atoms with Gasteiger partial charge in [-0.05, 0) is 59.9 Å². The molecule has 0 saturated carbocycles. The fraction of sp³-hybridized carbons (Fsp3) is 0.273. The Balaban J connectivity index is 1.59. The van der Waals surface area contributed by atoms with Crippen molar-refractivity contribution in [1.29, 1.82) is 0 Å². The van der Waals surface area contributed by atoms with Crippen molar-refractivity contribution < 1.29 is 13.2 Å². The summed E-state index contributed by atoms with van der Waals surface area (Å²) < 4.78 is 27.7. The maximum atomic E-state index is 13.2. The molecule has 1 heterocycles. The first-order valence-electron chi connectivity index (χ1n) is 9.54. The second-order valence-electron chi connectivity index (χ2n) is 7.44. The summed E-state index contributed by atoms with van der Waals surface area (Å²) in [7, 11) is -2.07. The van der Waals surface area contributed by atoms with E-state index in [9.17, 15) is 13.2 Å². The first kappa shape index (κ1) is 19.5. The van der Waals surface area contributed by atoms with Crippen LogP contribution in [0.4, 0.5) is 0 Å². The molecule has 1 aliphatic carbocycles. The van der Waals surface area contributed by atoms with Crippen LogP contribution in [0.3, 0.4) is 0 Å². The lowest BCUT2D eigenvalue weighted by Crippen LogP contribution is -2.27. The Kier molecular flexibility index (Phi) is 5.10. The average Bonchev–Trinajstić information content (AvgIpc) is 3.09. The van der Waals surface area contributed by atoms with Gasteiger partial charge < -0.3 is 5.32 Å². The zero-order valence-electron chi connectivity index (χ0n) is 16.4. The summed E-state index contributed by atoms with van der Waals surface area (Å²) in [6.07, 6.45) is 3.36. The van der Waals surface area contributed by atoms with Crippen LogP contribution in [-0.2, 0) is 27.8 Å². The van der Waals surface area contributed by atoms with Gasteiger partial charge in [0.2, 0.25) is 15.9 Å². The van der Waals surface area contributed by atoms with E-state index in [-0.39, 0.29) is 23.4 Å². The summed E-state index contributed by atoms with van der Waals surface area (Å²) in [5.74, 6) is -0.112. The van der Waals surface area contributed by atoms with Crippen molar-refractivity contribution in [3.63, 3.8) is 0 Å². The first-order valence-corrected chi connectivity index (χ1v) is 11.0. The number of benzene rings is 2. The predicted molar refractivity (Wildman–Crippen MR) is 112 cm³/mol. The number of hydrogen-bond acceptors (Lipinski definition) is 4. The third-order valence-corrected chi connectivity index (χ3v) is 7.15. The highest BCUT2D eigenvalue weighted by Crippen LogP contribution is 2.33. The van der Waals surface area contributed by atoms with Crippen molar-refractivity contribution in [3.8, 4) is 0 Å². The number of hydrogen-bond donors (Lipinski definition) is 1. The second-order valence-corrected chi connectivity index (χ2v) is 9.49. The van der Waals surface area contributed by atoms with Crippen molar-refractivity contribution in [3.05, 3.63) is 71.4 Å². The molecule has 3 aromatic rings. The summed E-state index contributed by atoms with van der Waals surface area (Å²) >= 11 is 0. The highest BCUT2D eigenvalue weighted by molar-refractivity contribution is 7.89. The number of aryl methyl sites for hydroxylation is 1. The Hall–Kier alpha value is -2.77. The Bertz CT molecular complexity index is 1190. The van der Waals surface area contributed by atoms with Crippen LogP contribution in [0.25, 0.3) is 10.9 Å². The topological polar surface area (TPSA) is 79.4 Å². The summed E-state index contributed by atoms with van der Waals surface area (Å²) in [4.78, 5) is 16.0. The van der Waals surface area contributed by atoms with Crippen LogP contribution in [0.15, 0.2) is 59.6 Å². The van der Waals surface area contributed by atoms with Gasteiger partial charge in [0, 0.05) is 32.1 Å². The van der Waals surface area contributed by atoms with Crippen molar-refractivity contribution in [2.45, 2.75) is 37.2 Å². The maximum absolute atomic E-state index is 13.2. The van der Waals surface area contributed by atoms with Gasteiger partial charge in [-0.25, -0.2) is 8.42 Å². The summed E-state index contributed by atoms with van der Waals surface area (Å²) in [6.45, 7) is 1.74. The molecular formula is C22H23N3O3S. The maximum Gasteiger partial charge on any atom is 0.243 e. The third kappa shape index (κ3) is 3.88. The fourth-order valence-corrected chi connectivity index (χ4v) is 5.08. The predicted octanol–water partition coefficient (Wildman–Crippen LogP) is 3.18. The van der Waals surface area contributed by atoms with Crippen molar-refractivity contribution in [2.75, 3.05) is 7.05 Å². The van der Waals surface area contributed by atoms with Crippen molar-refractivity contribution in [2.24, 2.45) is 0 Å². The van der Waals surface area contributed by atoms with E-state index >= 15 is 0 Å². The molecule has 0 saturated heterocycles. The van der Waals surface area contributed by atoms with Gasteiger partial charge in [-0.1, -0.05) is 18.2 Å². The molecule has 150 valence electrons. The quantitative estimate of drug-likeness (QED) is 0.702. The molecule has 0 unspecified atom stereocenters. The van der Waals surface area contributed by atoms with E-state index in [2.05, 4.69) is 10.3 Å². The molecule has 1 aromatic heterocycles. The van der Waals surface area contributed by atoms with E-state index in [1.54, 1.807) is 25.4 Å². The van der Waals surface area contributed by atoms with Crippen LogP contribution in [0.5, 0.6) is 0 Å². The molecular weight excluding hydrogens is 386 g/mol. The zero-order chi connectivity index (χ0) is 20.6. The number of sulfonamides is 1. The monoisotopic (exact) mass is 409 g/mol. The minimum atomic E-state index is -3.66. The molecule has 0 aliphatic heterocycles. The minimum absolute atomic E-state index is 0.112. The van der Waals surface area contributed by atoms with E-state index in [4.69, 9.17) is 0 Å². The van der Waals surface area contributed by atoms with E-state index in [1.165, 1.54) is 11.2 Å². The number of fused-ring (bicyclic) bond motifs is 2. The van der Waals surface area contributed by atoms with E-state index in [0.29, 0.717) is 0 Å². The number of rotatable bonds is 5. The summed E-state index contributed by atoms with van der Waals surface area (Å²) in [6, 6.07) is 14.7. The molecule has 0 fully saturated rings. The molecule has 1 atom stereocenters. The standard InChI is InChI=1S/C22H23N3O3S/c1-15(26)24-22-10-7-17-6-8-19(13-20(17)22)29(27,28)25(2)14-16-5-9-21-18(12-16)4-3-11-23-21/h3-6,8-9,11-13,22H,7,10,14H2,1-2H3,(H,24,26)/t22-/m0/s1. The van der Waals surface area contributed by atoms with Crippen LogP contribution in [0.2, 0.25) is 0 Å². The molecule has 1 aliphatic rings. The molecule has 1 amide bonds. The Morgan fingerprint density at radius 2 is 2.03 bits per heavy atom. The molecule has 4 rings (SSSR count). The fourth-order valence-electron chi connectivity index (χ4n) is 3.88. The molecule has 0 bridgehead atoms. The van der Waals surface area contributed by atoms with Crippen molar-refractivity contribution >= 4 is 26.8 Å². The van der Waals surface area contributed by atoms with Gasteiger partial charge >= 0.3 is 0 Å². The first-order chi connectivity index (χ1) is 13.8. The number of amides is 1. The lowest BCUT2D eigenvalue weighted by atomic mass is 10.1. The van der Waals surface area contributed by atoms with Gasteiger partial charge in [-0.3, -0.25) is 9.78 Å². The van der Waals surface area contributed by atoms with Crippen LogP contribution >= 0.6 is 0 Å². The SMILES string of the molecule is CC(=O)N[C@H]1CCc2ccc(S(=O)(=O)N(C)Cc3ccc4ncccc4c3)cc21. The number of pyridine rings is 1. The van der Waals surface area contributed by atoms with Crippen LogP contribution in [0.1, 0.15) is 36.1 Å². The number of aromatic nitrogens is 1. The molecule has 7 heteroatoms. The number of nitrogens with zero attached hydrogens (tertiary/aromatic N) is 2. The number of carbonyl (C=O) groups excluding carboxylic acids is 1. The zero-order valence-corrected chi connectivity index (χ0v) is 17.2. The van der Waals surface area contributed by atoms with Crippen LogP contribution in [-0.4, -0.2) is 30.7 Å². The summed E-state index contributed by atoms with van der Waals surface area (Å²) in [5.41, 5.74) is 3.76. The lowest BCUT2D eigenvalue weighted by molar-refractivity contribution is -0.119. The Morgan fingerprint density at radius 3 is 2.83 bits per heavy atom. The van der Waals surface area contributed by atoms with Gasteiger partial charge in [0.25, 0.3) is 0 Å². The molecule has 2 aromatic carbocycles. The van der Waals surface area contributed by atoms with E-state index in [1.807, 2.05) is 36.4 Å². The Morgan fingerprint density at radius 1 is 1.21 bits per heavy atom. The van der Waals surface area contributed by atoms with Gasteiger partial charge in [0.05, 0.1) is 16.5 Å². The van der Waals surface area contributed by atoms with Gasteiger partial charge in [0.1, 0.15) is 0 Å². The minimum Gasteiger partial charge on any atom is -0.350 e. The molecule has 29 heavy (non-hydrogen) atoms. The molecule has 0 spiro atoms. The second kappa shape index (κ2) is 7.57. The largest absolute Gasteiger partial charge is 0.350 e. The lowest BCUT2D eigenvalue weighted by Gasteiger charge is -2.19. The Labute approximate surface area is 170 Å². The third-order valence-electron chi connectivity index (χ3n) is 5.35. The summed E-state index contributed by atoms with van der Waals surface area (Å²) in [5, 5.41) is 3.89. The molecule has 1 N–H and O–H groups in total. The smallest absolute Gasteiger partial charge is 0.243 e. The van der Waals surface area contributed by atoms with E-state index in [0.717, 1.165) is 40.4 Å². The normalized spacial score (nSPS) is 16.2. The van der Waals surface area contributed by atoms with E-state index < -0.39 is 10.0 Å². The van der Waals surface area contributed by atoms with Crippen LogP contribution < -0.4 is 5.32 Å². The van der Waals surface area contributed by atoms with Gasteiger partial charge in [-0.15, -0.1) is 0 Å². The molecule has 6 nitrogen and oxygen atoms in total. The van der Waals surface area contributed by atoms with Gasteiger partial charge in [-0.2, -0.15) is 4.31 Å². The van der Waals surface area contributed by atoms with Gasteiger partial charge in [0.15, 0.2) is 0 Å². The van der Waals surface area contributed by atoms with Crippen LogP contribution in [0, 0.1) is 0 Å². The molecule has 0 radical (unpaired) electrons. The highest BCUT2D eigenvalue weighted by Gasteiger charge is 2.27. The van der Waals surface area contributed by atoms with Crippen molar-refractivity contribution in [1.82, 2.24) is 14.6 Å².